The topological polar surface area (TPSA) is 12.0 Å². The molecular formula is C13H19NS. The van der Waals surface area contributed by atoms with E-state index in [9.17, 15) is 0 Å². The van der Waals surface area contributed by atoms with Crippen LogP contribution in [0.3, 0.4) is 0 Å². The summed E-state index contributed by atoms with van der Waals surface area (Å²) in [7, 11) is 0. The first-order valence-corrected chi connectivity index (χ1v) is 6.91. The van der Waals surface area contributed by atoms with Crippen LogP contribution in [0.2, 0.25) is 0 Å². The van der Waals surface area contributed by atoms with Crippen LogP contribution in [0.4, 0.5) is 5.69 Å². The molecule has 0 heterocycles. The van der Waals surface area contributed by atoms with Crippen molar-refractivity contribution in [3.8, 4) is 0 Å². The maximum atomic E-state index is 3.63. The lowest BCUT2D eigenvalue weighted by atomic mass is 10.1. The Labute approximate surface area is 96.7 Å². The second-order valence-corrected chi connectivity index (χ2v) is 5.37. The summed E-state index contributed by atoms with van der Waals surface area (Å²) in [5.41, 5.74) is 1.28. The van der Waals surface area contributed by atoms with Crippen LogP contribution in [0.15, 0.2) is 29.2 Å². The lowest BCUT2D eigenvalue weighted by Gasteiger charge is -2.14. The van der Waals surface area contributed by atoms with Crippen molar-refractivity contribution in [3.63, 3.8) is 0 Å². The zero-order valence-corrected chi connectivity index (χ0v) is 10.3. The minimum Gasteiger partial charge on any atom is -0.382 e. The van der Waals surface area contributed by atoms with Crippen molar-refractivity contribution in [3.05, 3.63) is 24.3 Å². The summed E-state index contributed by atoms with van der Waals surface area (Å²) in [5, 5.41) is 3.63. The molecule has 1 aromatic rings. The average molecular weight is 221 g/mol. The van der Waals surface area contributed by atoms with Gasteiger partial charge in [-0.3, -0.25) is 0 Å². The van der Waals surface area contributed by atoms with Crippen molar-refractivity contribution >= 4 is 17.4 Å². The number of thioether (sulfide) groups is 1. The second-order valence-electron chi connectivity index (χ2n) is 4.49. The van der Waals surface area contributed by atoms with Gasteiger partial charge in [-0.1, -0.05) is 13.0 Å². The first kappa shape index (κ1) is 10.9. The number of hydrogen-bond acceptors (Lipinski definition) is 2. The molecule has 0 saturated heterocycles. The molecule has 2 heteroatoms. The fourth-order valence-corrected chi connectivity index (χ4v) is 2.75. The molecule has 0 amide bonds. The monoisotopic (exact) mass is 221 g/mol. The Morgan fingerprint density at radius 3 is 2.87 bits per heavy atom. The smallest absolute Gasteiger partial charge is 0.0353 e. The van der Waals surface area contributed by atoms with E-state index >= 15 is 0 Å². The van der Waals surface area contributed by atoms with Crippen LogP contribution >= 0.6 is 11.8 Å². The summed E-state index contributed by atoms with van der Waals surface area (Å²) in [6, 6.07) is 9.40. The van der Waals surface area contributed by atoms with Gasteiger partial charge in [-0.25, -0.2) is 0 Å². The number of rotatable bonds is 3. The van der Waals surface area contributed by atoms with Gasteiger partial charge in [0.2, 0.25) is 0 Å². The largest absolute Gasteiger partial charge is 0.382 e. The number of benzene rings is 1. The van der Waals surface area contributed by atoms with E-state index in [0.717, 1.165) is 5.92 Å². The van der Waals surface area contributed by atoms with E-state index in [1.165, 1.54) is 29.8 Å². The van der Waals surface area contributed by atoms with Crippen LogP contribution in [0.1, 0.15) is 26.2 Å². The Bertz CT molecular complexity index is 324. The Morgan fingerprint density at radius 2 is 2.20 bits per heavy atom. The molecule has 1 N–H and O–H groups in total. The molecular weight excluding hydrogens is 202 g/mol. The Kier molecular flexibility index (Phi) is 3.57. The Hall–Kier alpha value is -0.630. The predicted octanol–water partition coefficient (Wildman–Crippen LogP) is 4.01. The van der Waals surface area contributed by atoms with E-state index in [-0.39, 0.29) is 0 Å². The van der Waals surface area contributed by atoms with Gasteiger partial charge in [0.1, 0.15) is 0 Å². The van der Waals surface area contributed by atoms with E-state index in [1.54, 1.807) is 11.8 Å². The molecule has 1 saturated carbocycles. The quantitative estimate of drug-likeness (QED) is 0.774. The molecule has 2 rings (SSSR count). The fourth-order valence-electron chi connectivity index (χ4n) is 2.29. The van der Waals surface area contributed by atoms with Crippen LogP contribution < -0.4 is 5.32 Å². The molecule has 0 aromatic heterocycles. The van der Waals surface area contributed by atoms with Gasteiger partial charge in [0.15, 0.2) is 0 Å². The van der Waals surface area contributed by atoms with Gasteiger partial charge in [0.05, 0.1) is 0 Å². The van der Waals surface area contributed by atoms with Gasteiger partial charge in [-0.15, -0.1) is 11.8 Å². The third kappa shape index (κ3) is 2.91. The van der Waals surface area contributed by atoms with Crippen molar-refractivity contribution in [2.24, 2.45) is 5.92 Å². The molecule has 0 radical (unpaired) electrons. The van der Waals surface area contributed by atoms with Gasteiger partial charge >= 0.3 is 0 Å². The summed E-state index contributed by atoms with van der Waals surface area (Å²) in [6.07, 6.45) is 6.14. The Morgan fingerprint density at radius 1 is 1.33 bits per heavy atom. The van der Waals surface area contributed by atoms with Crippen molar-refractivity contribution in [2.45, 2.75) is 37.1 Å². The third-order valence-corrected chi connectivity index (χ3v) is 3.86. The number of hydrogen-bond donors (Lipinski definition) is 1. The highest BCUT2D eigenvalue weighted by Gasteiger charge is 2.20. The van der Waals surface area contributed by atoms with Gasteiger partial charge < -0.3 is 5.32 Å². The summed E-state index contributed by atoms with van der Waals surface area (Å²) in [4.78, 5) is 1.34. The lowest BCUT2D eigenvalue weighted by molar-refractivity contribution is 0.602. The molecule has 1 nitrogen and oxygen atoms in total. The maximum Gasteiger partial charge on any atom is 0.0353 e. The zero-order chi connectivity index (χ0) is 10.7. The van der Waals surface area contributed by atoms with Crippen molar-refractivity contribution in [1.29, 1.82) is 0 Å². The van der Waals surface area contributed by atoms with Crippen LogP contribution in [0.5, 0.6) is 0 Å². The molecule has 0 spiro atoms. The van der Waals surface area contributed by atoms with E-state index in [1.807, 2.05) is 0 Å². The maximum absolute atomic E-state index is 3.63. The molecule has 15 heavy (non-hydrogen) atoms. The molecule has 2 atom stereocenters. The van der Waals surface area contributed by atoms with Crippen molar-refractivity contribution in [2.75, 3.05) is 11.6 Å². The second kappa shape index (κ2) is 4.93. The Balaban J connectivity index is 1.98. The normalized spacial score (nSPS) is 25.5. The van der Waals surface area contributed by atoms with Crippen molar-refractivity contribution in [1.82, 2.24) is 0 Å². The molecule has 0 bridgehead atoms. The van der Waals surface area contributed by atoms with Crippen molar-refractivity contribution < 1.29 is 0 Å². The van der Waals surface area contributed by atoms with Gasteiger partial charge in [-0.2, -0.15) is 0 Å². The highest BCUT2D eigenvalue weighted by atomic mass is 32.2. The molecule has 1 aliphatic carbocycles. The summed E-state index contributed by atoms with van der Waals surface area (Å²) < 4.78 is 0. The molecule has 1 aliphatic rings. The first-order chi connectivity index (χ1) is 7.28. The van der Waals surface area contributed by atoms with Crippen LogP contribution in [-0.2, 0) is 0 Å². The molecule has 0 aliphatic heterocycles. The standard InChI is InChI=1S/C13H19NS/c1-10-6-7-12(8-10)14-11-4-3-5-13(9-11)15-2/h3-5,9-10,12,14H,6-8H2,1-2H3/t10-,12-/m1/s1. The lowest BCUT2D eigenvalue weighted by Crippen LogP contribution is -2.15. The highest BCUT2D eigenvalue weighted by molar-refractivity contribution is 7.98. The molecule has 0 unspecified atom stereocenters. The van der Waals surface area contributed by atoms with Crippen LogP contribution in [-0.4, -0.2) is 12.3 Å². The summed E-state index contributed by atoms with van der Waals surface area (Å²) in [6.45, 7) is 2.35. The fraction of sp³-hybridized carbons (Fsp3) is 0.538. The van der Waals surface area contributed by atoms with Crippen LogP contribution in [0, 0.1) is 5.92 Å². The highest BCUT2D eigenvalue weighted by Crippen LogP contribution is 2.28. The average Bonchev–Trinajstić information content (AvgIpc) is 2.64. The summed E-state index contributed by atoms with van der Waals surface area (Å²) >= 11 is 1.80. The SMILES string of the molecule is CSc1cccc(N[C@@H]2CC[C@@H](C)C2)c1. The summed E-state index contributed by atoms with van der Waals surface area (Å²) in [5.74, 6) is 0.895. The molecule has 1 fully saturated rings. The molecule has 1 aromatic carbocycles. The van der Waals surface area contributed by atoms with Gasteiger partial charge in [0.25, 0.3) is 0 Å². The van der Waals surface area contributed by atoms with Crippen LogP contribution in [0.25, 0.3) is 0 Å². The molecule has 82 valence electrons. The van der Waals surface area contributed by atoms with Gasteiger partial charge in [-0.05, 0) is 49.6 Å². The van der Waals surface area contributed by atoms with Gasteiger partial charge in [0, 0.05) is 16.6 Å². The van der Waals surface area contributed by atoms with E-state index in [4.69, 9.17) is 0 Å². The minimum atomic E-state index is 0.692. The number of nitrogens with one attached hydrogen (secondary N) is 1. The number of anilines is 1. The predicted molar refractivity (Wildman–Crippen MR) is 68.6 cm³/mol. The zero-order valence-electron chi connectivity index (χ0n) is 9.49. The van der Waals surface area contributed by atoms with E-state index < -0.39 is 0 Å². The minimum absolute atomic E-state index is 0.692. The first-order valence-electron chi connectivity index (χ1n) is 5.68. The van der Waals surface area contributed by atoms with E-state index in [2.05, 4.69) is 42.8 Å². The van der Waals surface area contributed by atoms with E-state index in [0.29, 0.717) is 6.04 Å². The third-order valence-electron chi connectivity index (χ3n) is 3.14.